The Labute approximate surface area is 198 Å². The number of amides is 1. The van der Waals surface area contributed by atoms with Gasteiger partial charge in [0.2, 0.25) is 6.79 Å². The van der Waals surface area contributed by atoms with Crippen molar-refractivity contribution in [3.63, 3.8) is 0 Å². The highest BCUT2D eigenvalue weighted by Gasteiger charge is 2.73. The molecular formula is C21H27NO10S2. The number of nitrogens with zero attached hydrogens (tertiary/aromatic N) is 1. The highest BCUT2D eigenvalue weighted by Crippen LogP contribution is 2.47. The predicted octanol–water partition coefficient (Wildman–Crippen LogP) is 0.903. The molecule has 1 aromatic rings. The van der Waals surface area contributed by atoms with E-state index in [0.717, 1.165) is 10.5 Å². The van der Waals surface area contributed by atoms with Crippen molar-refractivity contribution >= 4 is 37.8 Å². The van der Waals surface area contributed by atoms with E-state index in [2.05, 4.69) is 0 Å². The molecule has 3 atom stereocenters. The quantitative estimate of drug-likeness (QED) is 0.230. The fourth-order valence-electron chi connectivity index (χ4n) is 3.67. The van der Waals surface area contributed by atoms with Crippen molar-refractivity contribution in [2.75, 3.05) is 6.79 Å². The van der Waals surface area contributed by atoms with Crippen LogP contribution < -0.4 is 0 Å². The molecule has 1 aromatic carbocycles. The fraction of sp³-hybridized carbons (Fsp3) is 0.571. The molecule has 0 radical (unpaired) electrons. The Bertz CT molecular complexity index is 1230. The van der Waals surface area contributed by atoms with Crippen LogP contribution in [0, 0.1) is 12.3 Å². The minimum absolute atomic E-state index is 0.240. The van der Waals surface area contributed by atoms with Crippen LogP contribution in [0.4, 0.5) is 0 Å². The summed E-state index contributed by atoms with van der Waals surface area (Å²) in [5, 5.41) is -1.69. The molecule has 2 fully saturated rings. The number of carbonyl (C=O) groups excluding carboxylic acids is 3. The number of fused-ring (bicyclic) bond motifs is 1. The highest BCUT2D eigenvalue weighted by atomic mass is 32.2. The first-order chi connectivity index (χ1) is 15.4. The van der Waals surface area contributed by atoms with Crippen LogP contribution in [0.2, 0.25) is 0 Å². The number of ether oxygens (including phenoxy) is 2. The van der Waals surface area contributed by atoms with Crippen molar-refractivity contribution < 1.29 is 44.9 Å². The molecule has 0 aliphatic carbocycles. The maximum atomic E-state index is 13.2. The molecule has 0 saturated carbocycles. The SMILES string of the molecule is Cc1ccc(S(=O)(=O)O[C@H]2C(=O)N3[C@@H](C(=O)OCOC(=O)C(C)(C)C)C(C)(C)S(=O)(=O)[C@H]23)cc1. The van der Waals surface area contributed by atoms with Gasteiger partial charge in [0.05, 0.1) is 10.3 Å². The molecule has 2 heterocycles. The summed E-state index contributed by atoms with van der Waals surface area (Å²) >= 11 is 0. The molecule has 0 bridgehead atoms. The monoisotopic (exact) mass is 517 g/mol. The van der Waals surface area contributed by atoms with Crippen LogP contribution in [0.25, 0.3) is 0 Å². The van der Waals surface area contributed by atoms with Crippen molar-refractivity contribution in [1.82, 2.24) is 4.90 Å². The van der Waals surface area contributed by atoms with Gasteiger partial charge in [-0.05, 0) is 53.7 Å². The maximum Gasteiger partial charge on any atom is 0.333 e. The largest absolute Gasteiger partial charge is 0.427 e. The minimum Gasteiger partial charge on any atom is -0.427 e. The van der Waals surface area contributed by atoms with E-state index >= 15 is 0 Å². The lowest BCUT2D eigenvalue weighted by molar-refractivity contribution is -0.182. The first-order valence-corrected chi connectivity index (χ1v) is 13.3. The number of aryl methyl sites for hydroxylation is 1. The molecule has 2 aliphatic rings. The molecule has 13 heteroatoms. The number of rotatable bonds is 6. The third-order valence-electron chi connectivity index (χ3n) is 5.79. The lowest BCUT2D eigenvalue weighted by Gasteiger charge is -2.41. The van der Waals surface area contributed by atoms with E-state index < -0.39 is 72.3 Å². The summed E-state index contributed by atoms with van der Waals surface area (Å²) in [7, 11) is -8.72. The lowest BCUT2D eigenvalue weighted by Crippen LogP contribution is -2.68. The van der Waals surface area contributed by atoms with Gasteiger partial charge in [-0.15, -0.1) is 0 Å². The van der Waals surface area contributed by atoms with Crippen molar-refractivity contribution in [3.8, 4) is 0 Å². The second kappa shape index (κ2) is 8.31. The van der Waals surface area contributed by atoms with E-state index in [0.29, 0.717) is 0 Å². The Balaban J connectivity index is 1.80. The molecule has 2 saturated heterocycles. The van der Waals surface area contributed by atoms with Gasteiger partial charge in [-0.1, -0.05) is 17.7 Å². The molecule has 0 unspecified atom stereocenters. The Kier molecular flexibility index (Phi) is 6.38. The van der Waals surface area contributed by atoms with Crippen LogP contribution in [0.1, 0.15) is 40.2 Å². The number of hydrogen-bond acceptors (Lipinski definition) is 10. The Hall–Kier alpha value is -2.51. The minimum atomic E-state index is -4.46. The second-order valence-corrected chi connectivity index (χ2v) is 13.9. The van der Waals surface area contributed by atoms with Gasteiger partial charge in [0, 0.05) is 0 Å². The topological polar surface area (TPSA) is 150 Å². The molecule has 188 valence electrons. The van der Waals surface area contributed by atoms with Gasteiger partial charge in [0.1, 0.15) is 10.8 Å². The predicted molar refractivity (Wildman–Crippen MR) is 117 cm³/mol. The summed E-state index contributed by atoms with van der Waals surface area (Å²) in [5.74, 6) is -2.74. The van der Waals surface area contributed by atoms with E-state index in [1.807, 2.05) is 0 Å². The van der Waals surface area contributed by atoms with Crippen molar-refractivity contribution in [3.05, 3.63) is 29.8 Å². The van der Waals surface area contributed by atoms with Crippen molar-refractivity contribution in [2.24, 2.45) is 5.41 Å². The molecular weight excluding hydrogens is 490 g/mol. The van der Waals surface area contributed by atoms with Crippen molar-refractivity contribution in [2.45, 2.75) is 68.7 Å². The van der Waals surface area contributed by atoms with E-state index in [1.165, 1.54) is 38.1 Å². The number of β-lactam (4-membered cyclic amide) rings is 1. The lowest BCUT2D eigenvalue weighted by atomic mass is 9.97. The standard InChI is InChI=1S/C21H27NO10S2/c1-12-7-9-13(10-8-12)34(28,29)32-14-16(23)22-15(21(5,6)33(26,27)17(14)22)18(24)30-11-31-19(25)20(2,3)4/h7-10,14-15,17H,11H2,1-6H3/t14-,15-,17+/m0/s1. The van der Waals surface area contributed by atoms with Crippen LogP contribution in [0.3, 0.4) is 0 Å². The third kappa shape index (κ3) is 4.20. The second-order valence-electron chi connectivity index (χ2n) is 9.73. The van der Waals surface area contributed by atoms with Crippen LogP contribution in [0.15, 0.2) is 29.2 Å². The summed E-state index contributed by atoms with van der Waals surface area (Å²) in [4.78, 5) is 37.9. The summed E-state index contributed by atoms with van der Waals surface area (Å²) in [6.45, 7) is 8.23. The van der Waals surface area contributed by atoms with Gasteiger partial charge < -0.3 is 14.4 Å². The normalized spacial score (nSPS) is 25.3. The maximum absolute atomic E-state index is 13.2. The van der Waals surface area contributed by atoms with Gasteiger partial charge in [-0.25, -0.2) is 17.4 Å². The van der Waals surface area contributed by atoms with Crippen molar-refractivity contribution in [1.29, 1.82) is 0 Å². The molecule has 0 aromatic heterocycles. The highest BCUT2D eigenvalue weighted by molar-refractivity contribution is 7.94. The summed E-state index contributed by atoms with van der Waals surface area (Å²) < 4.78 is 64.6. The Morgan fingerprint density at radius 1 is 1.09 bits per heavy atom. The molecule has 2 aliphatic heterocycles. The zero-order valence-electron chi connectivity index (χ0n) is 19.6. The number of benzene rings is 1. The summed E-state index contributed by atoms with van der Waals surface area (Å²) in [6.07, 6.45) is -1.84. The van der Waals surface area contributed by atoms with E-state index in [4.69, 9.17) is 13.7 Å². The molecule has 34 heavy (non-hydrogen) atoms. The number of sulfone groups is 1. The molecule has 0 N–H and O–H groups in total. The molecule has 11 nitrogen and oxygen atoms in total. The molecule has 0 spiro atoms. The van der Waals surface area contributed by atoms with E-state index in [1.54, 1.807) is 27.7 Å². The zero-order chi connectivity index (χ0) is 25.9. The van der Waals surface area contributed by atoms with Gasteiger partial charge in [-0.2, -0.15) is 8.42 Å². The summed E-state index contributed by atoms with van der Waals surface area (Å²) in [6, 6.07) is 4.03. The smallest absolute Gasteiger partial charge is 0.333 e. The van der Waals surface area contributed by atoms with Crippen LogP contribution in [0.5, 0.6) is 0 Å². The first kappa shape index (κ1) is 26.1. The van der Waals surface area contributed by atoms with Gasteiger partial charge in [-0.3, -0.25) is 9.59 Å². The Morgan fingerprint density at radius 3 is 2.18 bits per heavy atom. The number of carbonyl (C=O) groups is 3. The Morgan fingerprint density at radius 2 is 1.65 bits per heavy atom. The number of hydrogen-bond donors (Lipinski definition) is 0. The van der Waals surface area contributed by atoms with E-state index in [9.17, 15) is 31.2 Å². The molecule has 1 amide bonds. The van der Waals surface area contributed by atoms with Gasteiger partial charge >= 0.3 is 11.9 Å². The average Bonchev–Trinajstić information content (AvgIpc) is 2.85. The van der Waals surface area contributed by atoms with Crippen LogP contribution in [-0.2, 0) is 48.0 Å². The summed E-state index contributed by atoms with van der Waals surface area (Å²) in [5.41, 5.74) is -0.0616. The van der Waals surface area contributed by atoms with Gasteiger partial charge in [0.25, 0.3) is 16.0 Å². The third-order valence-corrected chi connectivity index (χ3v) is 9.90. The average molecular weight is 518 g/mol. The first-order valence-electron chi connectivity index (χ1n) is 10.3. The zero-order valence-corrected chi connectivity index (χ0v) is 21.2. The van der Waals surface area contributed by atoms with E-state index in [-0.39, 0.29) is 4.90 Å². The fourth-order valence-corrected chi connectivity index (χ4v) is 6.94. The van der Waals surface area contributed by atoms with Crippen LogP contribution >= 0.6 is 0 Å². The molecule has 3 rings (SSSR count). The van der Waals surface area contributed by atoms with Gasteiger partial charge in [0.15, 0.2) is 21.3 Å². The van der Waals surface area contributed by atoms with Crippen LogP contribution in [-0.4, -0.2) is 68.6 Å². The number of esters is 2.